The van der Waals surface area contributed by atoms with Crippen molar-refractivity contribution < 1.29 is 9.21 Å². The molecule has 1 fully saturated rings. The Morgan fingerprint density at radius 1 is 1.24 bits per heavy atom. The van der Waals surface area contributed by atoms with Crippen LogP contribution in [0.1, 0.15) is 25.3 Å². The fourth-order valence-electron chi connectivity index (χ4n) is 4.13. The predicted octanol–water partition coefficient (Wildman–Crippen LogP) is 3.14. The van der Waals surface area contributed by atoms with Crippen LogP contribution >= 0.6 is 0 Å². The Bertz CT molecular complexity index is 1100. The Kier molecular flexibility index (Phi) is 4.59. The number of fused-ring (bicyclic) bond motifs is 1. The Balaban J connectivity index is 1.31. The smallest absolute Gasteiger partial charge is 0.224 e. The van der Waals surface area contributed by atoms with Crippen molar-refractivity contribution in [3.8, 4) is 11.3 Å². The largest absolute Gasteiger partial charge is 0.451 e. The van der Waals surface area contributed by atoms with Crippen LogP contribution in [0.2, 0.25) is 0 Å². The van der Waals surface area contributed by atoms with Gasteiger partial charge < -0.3 is 13.9 Å². The normalized spacial score (nSPS) is 17.1. The molecular weight excluding hydrogens is 368 g/mol. The quantitative estimate of drug-likeness (QED) is 0.523. The zero-order valence-electron chi connectivity index (χ0n) is 16.0. The van der Waals surface area contributed by atoms with Crippen LogP contribution in [0, 0.1) is 0 Å². The number of carbonyl (C=O) groups excluding carboxylic acids is 1. The number of oxazole rings is 1. The van der Waals surface area contributed by atoms with Crippen molar-refractivity contribution in [1.82, 2.24) is 29.4 Å². The average Bonchev–Trinajstić information content (AvgIpc) is 3.53. The van der Waals surface area contributed by atoms with Gasteiger partial charge in [-0.1, -0.05) is 11.3 Å². The third-order valence-corrected chi connectivity index (χ3v) is 5.62. The molecule has 29 heavy (non-hydrogen) atoms. The molecule has 1 atom stereocenters. The van der Waals surface area contributed by atoms with Crippen molar-refractivity contribution in [2.45, 2.75) is 31.8 Å². The van der Waals surface area contributed by atoms with E-state index in [0.717, 1.165) is 37.2 Å². The molecule has 4 heterocycles. The second-order valence-electron chi connectivity index (χ2n) is 7.42. The SMILES string of the molecule is O=C(CCn1ccnn1)N1CCCC(n2ccc3cc(-c4cocn4)ccc32)C1. The molecule has 0 N–H and O–H groups in total. The summed E-state index contributed by atoms with van der Waals surface area (Å²) in [6.07, 6.45) is 11.2. The van der Waals surface area contributed by atoms with Crippen molar-refractivity contribution >= 4 is 16.8 Å². The van der Waals surface area contributed by atoms with E-state index in [1.807, 2.05) is 4.90 Å². The topological polar surface area (TPSA) is 82.0 Å². The number of benzene rings is 1. The standard InChI is InChI=1S/C21H22N6O2/c28-21(6-9-26-11-7-23-24-26)25-8-1-2-18(13-25)27-10-5-17-12-16(3-4-20(17)27)19-14-29-15-22-19/h3-5,7,10-12,14-15,18H,1-2,6,8-9,13H2. The van der Waals surface area contributed by atoms with Gasteiger partial charge in [-0.15, -0.1) is 5.10 Å². The highest BCUT2D eigenvalue weighted by Crippen LogP contribution is 2.30. The summed E-state index contributed by atoms with van der Waals surface area (Å²) < 4.78 is 9.10. The van der Waals surface area contributed by atoms with E-state index in [1.165, 1.54) is 17.3 Å². The van der Waals surface area contributed by atoms with Crippen LogP contribution in [0.3, 0.4) is 0 Å². The van der Waals surface area contributed by atoms with Gasteiger partial charge in [0.25, 0.3) is 0 Å². The molecule has 8 heteroatoms. The van der Waals surface area contributed by atoms with Crippen LogP contribution < -0.4 is 0 Å². The molecule has 0 aliphatic carbocycles. The lowest BCUT2D eigenvalue weighted by Gasteiger charge is -2.34. The number of aromatic nitrogens is 5. The summed E-state index contributed by atoms with van der Waals surface area (Å²) in [6.45, 7) is 2.13. The number of rotatable bonds is 5. The monoisotopic (exact) mass is 390 g/mol. The number of amides is 1. The van der Waals surface area contributed by atoms with Crippen LogP contribution in [0.25, 0.3) is 22.2 Å². The van der Waals surface area contributed by atoms with E-state index in [-0.39, 0.29) is 11.9 Å². The van der Waals surface area contributed by atoms with Gasteiger partial charge in [0.2, 0.25) is 5.91 Å². The molecule has 148 valence electrons. The maximum Gasteiger partial charge on any atom is 0.224 e. The number of piperidine rings is 1. The van der Waals surface area contributed by atoms with E-state index < -0.39 is 0 Å². The van der Waals surface area contributed by atoms with E-state index >= 15 is 0 Å². The van der Waals surface area contributed by atoms with Crippen LogP contribution in [0.4, 0.5) is 0 Å². The van der Waals surface area contributed by atoms with E-state index in [2.05, 4.69) is 50.3 Å². The number of aryl methyl sites for hydroxylation is 1. The first kappa shape index (κ1) is 17.7. The molecular formula is C21H22N6O2. The van der Waals surface area contributed by atoms with Gasteiger partial charge in [-0.05, 0) is 31.0 Å². The zero-order chi connectivity index (χ0) is 19.6. The maximum absolute atomic E-state index is 12.7. The Hall–Kier alpha value is -3.42. The van der Waals surface area contributed by atoms with Crippen LogP contribution in [-0.4, -0.2) is 48.4 Å². The van der Waals surface area contributed by atoms with E-state index in [1.54, 1.807) is 23.3 Å². The van der Waals surface area contributed by atoms with Crippen LogP contribution in [0.5, 0.6) is 0 Å². The van der Waals surface area contributed by atoms with Gasteiger partial charge in [-0.2, -0.15) is 0 Å². The summed E-state index contributed by atoms with van der Waals surface area (Å²) in [4.78, 5) is 18.9. The zero-order valence-corrected chi connectivity index (χ0v) is 16.0. The molecule has 3 aromatic heterocycles. The van der Waals surface area contributed by atoms with E-state index in [9.17, 15) is 4.79 Å². The maximum atomic E-state index is 12.7. The molecule has 1 aromatic carbocycles. The Morgan fingerprint density at radius 2 is 2.21 bits per heavy atom. The molecule has 0 radical (unpaired) electrons. The highest BCUT2D eigenvalue weighted by atomic mass is 16.3. The van der Waals surface area contributed by atoms with E-state index in [0.29, 0.717) is 13.0 Å². The second kappa shape index (κ2) is 7.54. The molecule has 1 aliphatic rings. The summed E-state index contributed by atoms with van der Waals surface area (Å²) >= 11 is 0. The molecule has 0 bridgehead atoms. The first-order valence-electron chi connectivity index (χ1n) is 9.89. The van der Waals surface area contributed by atoms with Crippen LogP contribution in [0.15, 0.2) is 59.9 Å². The number of hydrogen-bond donors (Lipinski definition) is 0. The Morgan fingerprint density at radius 3 is 3.03 bits per heavy atom. The molecule has 1 amide bonds. The van der Waals surface area contributed by atoms with Gasteiger partial charge in [0.1, 0.15) is 12.0 Å². The van der Waals surface area contributed by atoms with Crippen molar-refractivity contribution in [2.75, 3.05) is 13.1 Å². The molecule has 0 saturated carbocycles. The molecule has 1 unspecified atom stereocenters. The predicted molar refractivity (Wildman–Crippen MR) is 107 cm³/mol. The van der Waals surface area contributed by atoms with Crippen molar-refractivity contribution in [3.63, 3.8) is 0 Å². The summed E-state index contributed by atoms with van der Waals surface area (Å²) in [7, 11) is 0. The van der Waals surface area contributed by atoms with Gasteiger partial charge >= 0.3 is 0 Å². The molecule has 0 spiro atoms. The van der Waals surface area contributed by atoms with Gasteiger partial charge in [-0.3, -0.25) is 9.48 Å². The lowest BCUT2D eigenvalue weighted by molar-refractivity contribution is -0.133. The first-order valence-corrected chi connectivity index (χ1v) is 9.89. The number of hydrogen-bond acceptors (Lipinski definition) is 5. The lowest BCUT2D eigenvalue weighted by atomic mass is 10.0. The fraction of sp³-hybridized carbons (Fsp3) is 0.333. The minimum absolute atomic E-state index is 0.176. The number of nitrogens with zero attached hydrogens (tertiary/aromatic N) is 6. The minimum Gasteiger partial charge on any atom is -0.451 e. The van der Waals surface area contributed by atoms with Crippen molar-refractivity contribution in [1.29, 1.82) is 0 Å². The molecule has 8 nitrogen and oxygen atoms in total. The summed E-state index contributed by atoms with van der Waals surface area (Å²) in [5.74, 6) is 0.176. The summed E-state index contributed by atoms with van der Waals surface area (Å²) in [6, 6.07) is 8.75. The molecule has 1 aliphatic heterocycles. The second-order valence-corrected chi connectivity index (χ2v) is 7.42. The van der Waals surface area contributed by atoms with E-state index in [4.69, 9.17) is 4.42 Å². The molecule has 5 rings (SSSR count). The number of likely N-dealkylation sites (tertiary alicyclic amines) is 1. The van der Waals surface area contributed by atoms with Gasteiger partial charge in [0, 0.05) is 48.4 Å². The first-order chi connectivity index (χ1) is 14.3. The fourth-order valence-corrected chi connectivity index (χ4v) is 4.13. The molecule has 4 aromatic rings. The number of carbonyl (C=O) groups is 1. The van der Waals surface area contributed by atoms with Crippen molar-refractivity contribution in [2.24, 2.45) is 0 Å². The van der Waals surface area contributed by atoms with Crippen molar-refractivity contribution in [3.05, 3.63) is 55.5 Å². The van der Waals surface area contributed by atoms with Crippen LogP contribution in [-0.2, 0) is 11.3 Å². The summed E-state index contributed by atoms with van der Waals surface area (Å²) in [5, 5.41) is 8.88. The summed E-state index contributed by atoms with van der Waals surface area (Å²) in [5.41, 5.74) is 3.05. The lowest BCUT2D eigenvalue weighted by Crippen LogP contribution is -2.40. The third-order valence-electron chi connectivity index (χ3n) is 5.62. The van der Waals surface area contributed by atoms with Gasteiger partial charge in [0.05, 0.1) is 18.8 Å². The third kappa shape index (κ3) is 3.53. The average molecular weight is 390 g/mol. The van der Waals surface area contributed by atoms with Gasteiger partial charge in [-0.25, -0.2) is 4.98 Å². The molecule has 1 saturated heterocycles. The highest BCUT2D eigenvalue weighted by molar-refractivity contribution is 5.85. The minimum atomic E-state index is 0.176. The van der Waals surface area contributed by atoms with Gasteiger partial charge in [0.15, 0.2) is 6.39 Å². The highest BCUT2D eigenvalue weighted by Gasteiger charge is 2.25. The Labute approximate surface area is 167 Å².